The minimum Gasteiger partial charge on any atom is -0.505 e. The molecule has 0 spiro atoms. The topological polar surface area (TPSA) is 38.0 Å². The molecule has 18 heavy (non-hydrogen) atoms. The highest BCUT2D eigenvalue weighted by Crippen LogP contribution is 2.28. The van der Waals surface area contributed by atoms with E-state index in [4.69, 9.17) is 5.11 Å². The summed E-state index contributed by atoms with van der Waals surface area (Å²) in [5.74, 6) is -2.56. The number of aromatic hydroxyl groups is 1. The van der Waals surface area contributed by atoms with Crippen LogP contribution in [-0.4, -0.2) is 14.9 Å². The van der Waals surface area contributed by atoms with Crippen LogP contribution in [0.1, 0.15) is 13.8 Å². The molecule has 0 aliphatic carbocycles. The fraction of sp³-hybridized carbons (Fsp3) is 0.308. The average molecular weight is 252 g/mol. The largest absolute Gasteiger partial charge is 0.505 e. The van der Waals surface area contributed by atoms with Gasteiger partial charge in [0, 0.05) is 23.9 Å². The van der Waals surface area contributed by atoms with Gasteiger partial charge in [-0.15, -0.1) is 0 Å². The molecule has 1 aromatic heterocycles. The highest BCUT2D eigenvalue weighted by Gasteiger charge is 2.15. The van der Waals surface area contributed by atoms with E-state index in [1.165, 1.54) is 12.3 Å². The Morgan fingerprint density at radius 1 is 1.28 bits per heavy atom. The Bertz CT molecular complexity index is 564. The molecule has 1 N–H and O–H groups in total. The van der Waals surface area contributed by atoms with Crippen LogP contribution in [0.15, 0.2) is 24.5 Å². The predicted octanol–water partition coefficient (Wildman–Crippen LogP) is 3.19. The molecule has 0 aliphatic rings. The van der Waals surface area contributed by atoms with Crippen LogP contribution in [0.5, 0.6) is 5.75 Å². The SMILES string of the molecule is CC(C)Cn1cc(-c2ccc(O)c(F)c2F)cn1. The van der Waals surface area contributed by atoms with E-state index in [0.29, 0.717) is 18.0 Å². The maximum atomic E-state index is 13.6. The first-order chi connectivity index (χ1) is 8.49. The van der Waals surface area contributed by atoms with Crippen molar-refractivity contribution in [3.8, 4) is 16.9 Å². The number of benzene rings is 1. The third kappa shape index (κ3) is 2.34. The minimum atomic E-state index is -1.23. The average Bonchev–Trinajstić information content (AvgIpc) is 2.73. The molecule has 5 heteroatoms. The van der Waals surface area contributed by atoms with E-state index in [1.807, 2.05) is 13.8 Å². The van der Waals surface area contributed by atoms with Gasteiger partial charge >= 0.3 is 0 Å². The molecule has 0 saturated heterocycles. The number of hydrogen-bond donors (Lipinski definition) is 1. The summed E-state index contributed by atoms with van der Waals surface area (Å²) in [6.07, 6.45) is 3.15. The molecule has 2 aromatic rings. The molecule has 0 atom stereocenters. The molecule has 0 unspecified atom stereocenters. The van der Waals surface area contributed by atoms with Crippen molar-refractivity contribution in [3.05, 3.63) is 36.2 Å². The van der Waals surface area contributed by atoms with Gasteiger partial charge in [0.05, 0.1) is 6.20 Å². The Labute approximate surface area is 104 Å². The summed E-state index contributed by atoms with van der Waals surface area (Å²) in [7, 11) is 0. The van der Waals surface area contributed by atoms with Crippen molar-refractivity contribution in [2.75, 3.05) is 0 Å². The lowest BCUT2D eigenvalue weighted by Gasteiger charge is -2.04. The number of rotatable bonds is 3. The van der Waals surface area contributed by atoms with E-state index >= 15 is 0 Å². The van der Waals surface area contributed by atoms with Gasteiger partial charge in [0.15, 0.2) is 11.6 Å². The lowest BCUT2D eigenvalue weighted by Crippen LogP contribution is -2.04. The molecule has 96 valence electrons. The van der Waals surface area contributed by atoms with Gasteiger partial charge in [0.25, 0.3) is 0 Å². The second-order valence-corrected chi connectivity index (χ2v) is 4.61. The van der Waals surface area contributed by atoms with Gasteiger partial charge in [-0.2, -0.15) is 9.49 Å². The van der Waals surface area contributed by atoms with Gasteiger partial charge in [-0.3, -0.25) is 4.68 Å². The van der Waals surface area contributed by atoms with Crippen LogP contribution < -0.4 is 0 Å². The van der Waals surface area contributed by atoms with Crippen LogP contribution in [0.2, 0.25) is 0 Å². The van der Waals surface area contributed by atoms with Gasteiger partial charge in [-0.25, -0.2) is 4.39 Å². The molecule has 1 aromatic carbocycles. The van der Waals surface area contributed by atoms with Crippen molar-refractivity contribution in [3.63, 3.8) is 0 Å². The summed E-state index contributed by atoms with van der Waals surface area (Å²) in [4.78, 5) is 0. The Morgan fingerprint density at radius 3 is 2.67 bits per heavy atom. The monoisotopic (exact) mass is 252 g/mol. The summed E-state index contributed by atoms with van der Waals surface area (Å²) < 4.78 is 28.6. The first-order valence-corrected chi connectivity index (χ1v) is 5.69. The van der Waals surface area contributed by atoms with Gasteiger partial charge in [-0.1, -0.05) is 13.8 Å². The molecule has 2 rings (SSSR count). The van der Waals surface area contributed by atoms with Crippen LogP contribution in [0.4, 0.5) is 8.78 Å². The first-order valence-electron chi connectivity index (χ1n) is 5.69. The maximum absolute atomic E-state index is 13.6. The van der Waals surface area contributed by atoms with Crippen molar-refractivity contribution in [2.45, 2.75) is 20.4 Å². The highest BCUT2D eigenvalue weighted by molar-refractivity contribution is 5.63. The molecule has 0 fully saturated rings. The molecule has 0 bridgehead atoms. The van der Waals surface area contributed by atoms with Crippen molar-refractivity contribution in [2.24, 2.45) is 5.92 Å². The second kappa shape index (κ2) is 4.76. The number of halogens is 2. The van der Waals surface area contributed by atoms with Crippen molar-refractivity contribution in [1.82, 2.24) is 9.78 Å². The molecule has 0 saturated carbocycles. The number of hydrogen-bond acceptors (Lipinski definition) is 2. The maximum Gasteiger partial charge on any atom is 0.200 e. The zero-order valence-corrected chi connectivity index (χ0v) is 10.2. The lowest BCUT2D eigenvalue weighted by atomic mass is 10.1. The van der Waals surface area contributed by atoms with E-state index in [0.717, 1.165) is 6.07 Å². The molecular weight excluding hydrogens is 238 g/mol. The zero-order valence-electron chi connectivity index (χ0n) is 10.2. The number of nitrogens with zero attached hydrogens (tertiary/aromatic N) is 2. The molecule has 0 radical (unpaired) electrons. The lowest BCUT2D eigenvalue weighted by molar-refractivity contribution is 0.408. The zero-order chi connectivity index (χ0) is 13.3. The van der Waals surface area contributed by atoms with E-state index < -0.39 is 17.4 Å². The Morgan fingerprint density at radius 2 is 2.00 bits per heavy atom. The van der Waals surface area contributed by atoms with Gasteiger partial charge in [0.2, 0.25) is 5.82 Å². The summed E-state index contributed by atoms with van der Waals surface area (Å²) in [5, 5.41) is 13.2. The van der Waals surface area contributed by atoms with E-state index in [2.05, 4.69) is 5.10 Å². The van der Waals surface area contributed by atoms with Crippen LogP contribution in [0.3, 0.4) is 0 Å². The van der Waals surface area contributed by atoms with Gasteiger partial charge in [-0.05, 0) is 18.1 Å². The molecular formula is C13H14F2N2O. The van der Waals surface area contributed by atoms with Crippen LogP contribution in [0, 0.1) is 17.6 Å². The fourth-order valence-electron chi connectivity index (χ4n) is 1.74. The van der Waals surface area contributed by atoms with Crippen molar-refractivity contribution < 1.29 is 13.9 Å². The third-order valence-electron chi connectivity index (χ3n) is 2.56. The summed E-state index contributed by atoms with van der Waals surface area (Å²) in [5.41, 5.74) is 0.590. The van der Waals surface area contributed by atoms with Crippen LogP contribution in [0.25, 0.3) is 11.1 Å². The van der Waals surface area contributed by atoms with Gasteiger partial charge < -0.3 is 5.11 Å². The fourth-order valence-corrected chi connectivity index (χ4v) is 1.74. The Kier molecular flexibility index (Phi) is 3.32. The Balaban J connectivity index is 2.37. The molecule has 1 heterocycles. The molecule has 0 amide bonds. The number of phenols is 1. The summed E-state index contributed by atoms with van der Waals surface area (Å²) in [6, 6.07) is 2.47. The van der Waals surface area contributed by atoms with E-state index in [1.54, 1.807) is 10.9 Å². The van der Waals surface area contributed by atoms with Crippen molar-refractivity contribution in [1.29, 1.82) is 0 Å². The molecule has 3 nitrogen and oxygen atoms in total. The smallest absolute Gasteiger partial charge is 0.200 e. The van der Waals surface area contributed by atoms with Gasteiger partial charge in [0.1, 0.15) is 0 Å². The van der Waals surface area contributed by atoms with Crippen LogP contribution >= 0.6 is 0 Å². The van der Waals surface area contributed by atoms with Crippen molar-refractivity contribution >= 4 is 0 Å². The minimum absolute atomic E-state index is 0.0975. The van der Waals surface area contributed by atoms with E-state index in [-0.39, 0.29) is 5.56 Å². The third-order valence-corrected chi connectivity index (χ3v) is 2.56. The van der Waals surface area contributed by atoms with E-state index in [9.17, 15) is 8.78 Å². The highest BCUT2D eigenvalue weighted by atomic mass is 19.2. The quantitative estimate of drug-likeness (QED) is 0.911. The van der Waals surface area contributed by atoms with Crippen LogP contribution in [-0.2, 0) is 6.54 Å². The summed E-state index contributed by atoms with van der Waals surface area (Å²) in [6.45, 7) is 4.80. The normalized spacial score (nSPS) is 11.2. The molecule has 0 aliphatic heterocycles. The second-order valence-electron chi connectivity index (χ2n) is 4.61. The predicted molar refractivity (Wildman–Crippen MR) is 64.1 cm³/mol. The first kappa shape index (κ1) is 12.5. The Hall–Kier alpha value is -1.91. The standard InChI is InChI=1S/C13H14F2N2O/c1-8(2)6-17-7-9(5-16-17)10-3-4-11(18)13(15)12(10)14/h3-5,7-8,18H,6H2,1-2H3. The number of phenolic OH excluding ortho intramolecular Hbond substituents is 1. The number of aromatic nitrogens is 2. The summed E-state index contributed by atoms with van der Waals surface area (Å²) >= 11 is 0.